The quantitative estimate of drug-likeness (QED) is 0.155. The number of fused-ring (bicyclic) bond motifs is 13. The molecule has 69 heavy (non-hydrogen) atoms. The van der Waals surface area contributed by atoms with Crippen molar-refractivity contribution >= 4 is 38.9 Å². The first-order chi connectivity index (χ1) is 34.3. The van der Waals surface area contributed by atoms with Crippen molar-refractivity contribution in [2.45, 2.75) is 5.41 Å². The van der Waals surface area contributed by atoms with E-state index >= 15 is 0 Å². The van der Waals surface area contributed by atoms with E-state index in [1.807, 2.05) is 0 Å². The van der Waals surface area contributed by atoms with E-state index in [-0.39, 0.29) is 0 Å². The first-order valence-electron chi connectivity index (χ1n) is 23.9. The van der Waals surface area contributed by atoms with Crippen molar-refractivity contribution in [3.05, 3.63) is 289 Å². The summed E-state index contributed by atoms with van der Waals surface area (Å²) in [6.45, 7) is 0. The van der Waals surface area contributed by atoms with Crippen LogP contribution in [0.3, 0.4) is 0 Å². The Balaban J connectivity index is 1.13. The Morgan fingerprint density at radius 1 is 0.290 bits per heavy atom. The molecule has 11 aromatic carbocycles. The molecule has 0 unspecified atom stereocenters. The Morgan fingerprint density at radius 3 is 1.43 bits per heavy atom. The van der Waals surface area contributed by atoms with E-state index < -0.39 is 5.41 Å². The molecule has 2 aliphatic carbocycles. The van der Waals surface area contributed by atoms with Gasteiger partial charge in [0, 0.05) is 33.3 Å². The number of hydrogen-bond acceptors (Lipinski definition) is 1. The van der Waals surface area contributed by atoms with E-state index in [0.717, 1.165) is 28.3 Å². The fourth-order valence-corrected chi connectivity index (χ4v) is 12.1. The molecule has 2 aliphatic rings. The summed E-state index contributed by atoms with van der Waals surface area (Å²) in [6.07, 6.45) is 0. The summed E-state index contributed by atoms with van der Waals surface area (Å²) in [7, 11) is 0. The van der Waals surface area contributed by atoms with E-state index in [4.69, 9.17) is 0 Å². The minimum Gasteiger partial charge on any atom is -0.309 e. The van der Waals surface area contributed by atoms with Crippen LogP contribution in [-0.2, 0) is 5.41 Å². The molecule has 1 heterocycles. The predicted molar refractivity (Wildman–Crippen MR) is 288 cm³/mol. The lowest BCUT2D eigenvalue weighted by Gasteiger charge is -2.33. The van der Waals surface area contributed by atoms with Gasteiger partial charge in [-0.1, -0.05) is 224 Å². The van der Waals surface area contributed by atoms with Gasteiger partial charge in [0.1, 0.15) is 0 Å². The SMILES string of the molecule is c1ccc(-c2ccccc2-c2c(-c3ccccc3)cccc2N(c2ccc3c4ccccc4n(-c4ccccc4)c3c2)c2cccc3c2-c2ccccc2C32c3ccccc3-c3ccccc32)cc1. The van der Waals surface area contributed by atoms with Crippen LogP contribution in [0.4, 0.5) is 17.1 Å². The maximum Gasteiger partial charge on any atom is 0.0726 e. The average Bonchev–Trinajstić information content (AvgIpc) is 4.04. The summed E-state index contributed by atoms with van der Waals surface area (Å²) in [5.74, 6) is 0. The first-order valence-corrected chi connectivity index (χ1v) is 23.9. The van der Waals surface area contributed by atoms with Crippen LogP contribution in [0.2, 0.25) is 0 Å². The van der Waals surface area contributed by atoms with Crippen molar-refractivity contribution < 1.29 is 0 Å². The van der Waals surface area contributed by atoms with Crippen LogP contribution in [0.25, 0.3) is 83.1 Å². The predicted octanol–water partition coefficient (Wildman–Crippen LogP) is 17.6. The normalized spacial score (nSPS) is 12.8. The Kier molecular flexibility index (Phi) is 8.84. The van der Waals surface area contributed by atoms with Crippen molar-refractivity contribution in [1.29, 1.82) is 0 Å². The van der Waals surface area contributed by atoms with E-state index in [0.29, 0.717) is 0 Å². The number of aromatic nitrogens is 1. The topological polar surface area (TPSA) is 8.17 Å². The summed E-state index contributed by atoms with van der Waals surface area (Å²) in [5.41, 5.74) is 23.7. The molecule has 1 aromatic heterocycles. The molecule has 2 heteroatoms. The third-order valence-corrected chi connectivity index (χ3v) is 14.8. The minimum absolute atomic E-state index is 0.501. The number of benzene rings is 11. The fourth-order valence-electron chi connectivity index (χ4n) is 12.1. The van der Waals surface area contributed by atoms with Gasteiger partial charge in [-0.2, -0.15) is 0 Å². The first kappa shape index (κ1) is 39.2. The molecule has 0 aliphatic heterocycles. The number of hydrogen-bond donors (Lipinski definition) is 0. The van der Waals surface area contributed by atoms with Crippen LogP contribution >= 0.6 is 0 Å². The van der Waals surface area contributed by atoms with Crippen LogP contribution in [0, 0.1) is 0 Å². The summed E-state index contributed by atoms with van der Waals surface area (Å²) in [6, 6.07) is 98.8. The fraction of sp³-hybridized carbons (Fsp3) is 0.0149. The Hall–Kier alpha value is -8.98. The maximum absolute atomic E-state index is 2.58. The van der Waals surface area contributed by atoms with E-state index in [1.165, 1.54) is 94.2 Å². The van der Waals surface area contributed by atoms with Gasteiger partial charge >= 0.3 is 0 Å². The van der Waals surface area contributed by atoms with Gasteiger partial charge in [0.05, 0.1) is 27.8 Å². The maximum atomic E-state index is 2.58. The Labute approximate surface area is 402 Å². The molecule has 0 N–H and O–H groups in total. The van der Waals surface area contributed by atoms with Gasteiger partial charge in [-0.05, 0) is 109 Å². The lowest BCUT2D eigenvalue weighted by molar-refractivity contribution is 0.794. The number of nitrogens with zero attached hydrogens (tertiary/aromatic N) is 2. The molecule has 14 rings (SSSR count). The zero-order valence-corrected chi connectivity index (χ0v) is 37.8. The third-order valence-electron chi connectivity index (χ3n) is 14.8. The summed E-state index contributed by atoms with van der Waals surface area (Å²) in [4.78, 5) is 2.58. The molecule has 1 spiro atoms. The number of para-hydroxylation sites is 2. The zero-order valence-electron chi connectivity index (χ0n) is 37.8. The largest absolute Gasteiger partial charge is 0.309 e. The highest BCUT2D eigenvalue weighted by Crippen LogP contribution is 2.65. The summed E-state index contributed by atoms with van der Waals surface area (Å²) < 4.78 is 2.43. The highest BCUT2D eigenvalue weighted by Gasteiger charge is 2.52. The molecule has 0 saturated heterocycles. The van der Waals surface area contributed by atoms with Gasteiger partial charge in [-0.15, -0.1) is 0 Å². The van der Waals surface area contributed by atoms with Crippen molar-refractivity contribution in [1.82, 2.24) is 4.57 Å². The van der Waals surface area contributed by atoms with Crippen molar-refractivity contribution in [2.75, 3.05) is 4.90 Å². The molecule has 2 nitrogen and oxygen atoms in total. The standard InChI is InChI=1S/C67H44N2/c1-4-22-45(23-5-1)49-28-10-11-32-55(49)65-50(46-24-6-2-7-25-46)34-20-40-62(65)69(48-42-43-54-53-31-15-19-39-61(53)68(64(54)44-48)47-26-8-3-9-27-47)63-41-21-38-60-66(63)56-33-14-18-37-59(56)67(60)57-35-16-12-29-51(57)52-30-13-17-36-58(52)67/h1-44H. The molecule has 0 fully saturated rings. The highest BCUT2D eigenvalue weighted by atomic mass is 15.2. The van der Waals surface area contributed by atoms with Gasteiger partial charge in [-0.3, -0.25) is 0 Å². The molecule has 0 bridgehead atoms. The molecule has 322 valence electrons. The van der Waals surface area contributed by atoms with Crippen LogP contribution < -0.4 is 4.90 Å². The van der Waals surface area contributed by atoms with Crippen molar-refractivity contribution in [3.8, 4) is 61.3 Å². The lowest BCUT2D eigenvalue weighted by atomic mass is 9.70. The van der Waals surface area contributed by atoms with Crippen LogP contribution in [0.5, 0.6) is 0 Å². The Bertz CT molecular complexity index is 3910. The zero-order chi connectivity index (χ0) is 45.5. The minimum atomic E-state index is -0.501. The van der Waals surface area contributed by atoms with Gasteiger partial charge < -0.3 is 9.47 Å². The Morgan fingerprint density at radius 2 is 0.754 bits per heavy atom. The van der Waals surface area contributed by atoms with E-state index in [9.17, 15) is 0 Å². The number of rotatable bonds is 7. The molecular formula is C67H44N2. The smallest absolute Gasteiger partial charge is 0.0726 e. The molecule has 0 radical (unpaired) electrons. The highest BCUT2D eigenvalue weighted by molar-refractivity contribution is 6.12. The van der Waals surface area contributed by atoms with E-state index in [2.05, 4.69) is 276 Å². The molecular weight excluding hydrogens is 833 g/mol. The molecule has 0 amide bonds. The summed E-state index contributed by atoms with van der Waals surface area (Å²) >= 11 is 0. The molecule has 0 atom stereocenters. The van der Waals surface area contributed by atoms with Gasteiger partial charge in [0.25, 0.3) is 0 Å². The van der Waals surface area contributed by atoms with E-state index in [1.54, 1.807) is 0 Å². The summed E-state index contributed by atoms with van der Waals surface area (Å²) in [5, 5.41) is 2.45. The number of anilines is 3. The van der Waals surface area contributed by atoms with Gasteiger partial charge in [0.15, 0.2) is 0 Å². The van der Waals surface area contributed by atoms with Gasteiger partial charge in [-0.25, -0.2) is 0 Å². The average molecular weight is 877 g/mol. The lowest BCUT2D eigenvalue weighted by Crippen LogP contribution is -2.26. The van der Waals surface area contributed by atoms with Crippen molar-refractivity contribution in [3.63, 3.8) is 0 Å². The molecule has 12 aromatic rings. The third kappa shape index (κ3) is 5.73. The second-order valence-electron chi connectivity index (χ2n) is 18.3. The second-order valence-corrected chi connectivity index (χ2v) is 18.3. The molecule has 0 saturated carbocycles. The van der Waals surface area contributed by atoms with Crippen molar-refractivity contribution in [2.24, 2.45) is 0 Å². The van der Waals surface area contributed by atoms with Crippen LogP contribution in [0.1, 0.15) is 22.3 Å². The van der Waals surface area contributed by atoms with Crippen LogP contribution in [-0.4, -0.2) is 4.57 Å². The van der Waals surface area contributed by atoms with Crippen LogP contribution in [0.15, 0.2) is 267 Å². The second kappa shape index (κ2) is 15.6. The van der Waals surface area contributed by atoms with Gasteiger partial charge in [0.2, 0.25) is 0 Å². The monoisotopic (exact) mass is 876 g/mol.